The van der Waals surface area contributed by atoms with E-state index in [2.05, 4.69) is 22.3 Å². The maximum Gasteiger partial charge on any atom is 0.251 e. The summed E-state index contributed by atoms with van der Waals surface area (Å²) < 4.78 is 10.6. The number of benzene rings is 2. The molecule has 5 heteroatoms. The van der Waals surface area contributed by atoms with Crippen molar-refractivity contribution in [2.24, 2.45) is 5.92 Å². The Morgan fingerprint density at radius 2 is 1.97 bits per heavy atom. The van der Waals surface area contributed by atoms with Crippen LogP contribution in [0.2, 0.25) is 0 Å². The van der Waals surface area contributed by atoms with Gasteiger partial charge in [0.2, 0.25) is 0 Å². The molecule has 1 aromatic heterocycles. The van der Waals surface area contributed by atoms with Gasteiger partial charge in [-0.1, -0.05) is 42.0 Å². The van der Waals surface area contributed by atoms with Crippen LogP contribution in [0.15, 0.2) is 59.1 Å². The van der Waals surface area contributed by atoms with Gasteiger partial charge in [-0.2, -0.15) is 0 Å². The Bertz CT molecular complexity index is 1070. The zero-order valence-electron chi connectivity index (χ0n) is 17.0. The smallest absolute Gasteiger partial charge is 0.251 e. The average molecular weight is 400 g/mol. The molecule has 1 amide bonds. The first-order chi connectivity index (χ1) is 14.7. The molecule has 0 atom stereocenters. The van der Waals surface area contributed by atoms with Gasteiger partial charge in [-0.15, -0.1) is 0 Å². The monoisotopic (exact) mass is 400 g/mol. The van der Waals surface area contributed by atoms with E-state index in [-0.39, 0.29) is 12.5 Å². The molecule has 0 radical (unpaired) electrons. The molecule has 1 aliphatic rings. The van der Waals surface area contributed by atoms with Crippen molar-refractivity contribution >= 4 is 5.91 Å². The van der Waals surface area contributed by atoms with Gasteiger partial charge in [-0.05, 0) is 49.2 Å². The van der Waals surface area contributed by atoms with E-state index in [1.165, 1.54) is 25.7 Å². The van der Waals surface area contributed by atoms with Crippen molar-refractivity contribution in [3.05, 3.63) is 71.5 Å². The van der Waals surface area contributed by atoms with Crippen LogP contribution in [0.3, 0.4) is 0 Å². The fourth-order valence-electron chi connectivity index (χ4n) is 3.54. The lowest BCUT2D eigenvalue weighted by atomic mass is 10.1. The molecular weight excluding hydrogens is 376 g/mol. The third-order valence-corrected chi connectivity index (χ3v) is 5.27. The van der Waals surface area contributed by atoms with Gasteiger partial charge >= 0.3 is 0 Å². The average Bonchev–Trinajstić information content (AvgIpc) is 3.49. The van der Waals surface area contributed by atoms with Gasteiger partial charge in [0.25, 0.3) is 5.91 Å². The van der Waals surface area contributed by atoms with Crippen molar-refractivity contribution in [1.82, 2.24) is 10.5 Å². The molecule has 1 N–H and O–H groups in total. The highest BCUT2D eigenvalue weighted by Crippen LogP contribution is 2.24. The summed E-state index contributed by atoms with van der Waals surface area (Å²) in [6.45, 7) is 0.263. The molecule has 0 bridgehead atoms. The fraction of sp³-hybridized carbons (Fsp3) is 0.280. The summed E-state index contributed by atoms with van der Waals surface area (Å²) in [5.41, 5.74) is 3.12. The van der Waals surface area contributed by atoms with Gasteiger partial charge in [0.15, 0.2) is 5.76 Å². The van der Waals surface area contributed by atoms with Crippen LogP contribution in [0.1, 0.15) is 47.4 Å². The Labute approximate surface area is 176 Å². The topological polar surface area (TPSA) is 64.4 Å². The summed E-state index contributed by atoms with van der Waals surface area (Å²) in [6, 6.07) is 16.8. The molecule has 30 heavy (non-hydrogen) atoms. The molecule has 0 aliphatic heterocycles. The Morgan fingerprint density at radius 1 is 1.17 bits per heavy atom. The van der Waals surface area contributed by atoms with Crippen LogP contribution in [-0.4, -0.2) is 18.2 Å². The van der Waals surface area contributed by atoms with E-state index in [1.807, 2.05) is 42.5 Å². The van der Waals surface area contributed by atoms with E-state index in [4.69, 9.17) is 9.26 Å². The summed E-state index contributed by atoms with van der Waals surface area (Å²) in [6.07, 6.45) is 4.97. The molecule has 1 fully saturated rings. The Balaban J connectivity index is 1.34. The summed E-state index contributed by atoms with van der Waals surface area (Å²) >= 11 is 0. The molecule has 3 aromatic rings. The predicted molar refractivity (Wildman–Crippen MR) is 115 cm³/mol. The number of carbonyl (C=O) groups is 1. The van der Waals surface area contributed by atoms with E-state index in [1.54, 1.807) is 19.2 Å². The lowest BCUT2D eigenvalue weighted by Gasteiger charge is -2.03. The molecule has 0 saturated heterocycles. The van der Waals surface area contributed by atoms with Crippen molar-refractivity contribution in [3.63, 3.8) is 0 Å². The number of methoxy groups -OCH3 is 1. The molecule has 4 rings (SSSR count). The fourth-order valence-corrected chi connectivity index (χ4v) is 3.54. The largest absolute Gasteiger partial charge is 0.497 e. The molecule has 1 heterocycles. The number of hydrogen-bond acceptors (Lipinski definition) is 4. The van der Waals surface area contributed by atoms with Crippen LogP contribution in [0.5, 0.6) is 5.75 Å². The Kier molecular flexibility index (Phi) is 6.14. The number of rotatable bonds is 5. The van der Waals surface area contributed by atoms with Crippen LogP contribution in [0.25, 0.3) is 11.3 Å². The minimum Gasteiger partial charge on any atom is -0.497 e. The number of hydrogen-bond donors (Lipinski definition) is 1. The normalized spacial score (nSPS) is 13.5. The van der Waals surface area contributed by atoms with E-state index in [9.17, 15) is 4.79 Å². The van der Waals surface area contributed by atoms with Crippen LogP contribution in [0.4, 0.5) is 0 Å². The minimum atomic E-state index is -0.162. The summed E-state index contributed by atoms with van der Waals surface area (Å²) in [5, 5.41) is 6.95. The molecule has 2 aromatic carbocycles. The van der Waals surface area contributed by atoms with Gasteiger partial charge in [-0.25, -0.2) is 0 Å². The maximum atomic E-state index is 12.4. The highest BCUT2D eigenvalue weighted by Gasteiger charge is 2.12. The van der Waals surface area contributed by atoms with Crippen molar-refractivity contribution < 1.29 is 14.1 Å². The SMILES string of the molecule is COc1cccc(-c2cc(CNC(=O)c3ccc(C#CC4CCCC4)cc3)on2)c1. The molecule has 1 aliphatic carbocycles. The molecule has 5 nitrogen and oxygen atoms in total. The van der Waals surface area contributed by atoms with Gasteiger partial charge in [0.1, 0.15) is 11.4 Å². The lowest BCUT2D eigenvalue weighted by molar-refractivity contribution is 0.0947. The van der Waals surface area contributed by atoms with Crippen molar-refractivity contribution in [1.29, 1.82) is 0 Å². The number of nitrogens with zero attached hydrogens (tertiary/aromatic N) is 1. The van der Waals surface area contributed by atoms with E-state index >= 15 is 0 Å². The number of amides is 1. The van der Waals surface area contributed by atoms with E-state index < -0.39 is 0 Å². The third kappa shape index (κ3) is 4.90. The lowest BCUT2D eigenvalue weighted by Crippen LogP contribution is -2.22. The second-order valence-electron chi connectivity index (χ2n) is 7.42. The zero-order chi connectivity index (χ0) is 20.8. The third-order valence-electron chi connectivity index (χ3n) is 5.27. The quantitative estimate of drug-likeness (QED) is 0.624. The van der Waals surface area contributed by atoms with Crippen molar-refractivity contribution in [2.45, 2.75) is 32.2 Å². The molecule has 0 unspecified atom stereocenters. The standard InChI is InChI=1S/C25H24N2O3/c1-29-22-8-4-7-21(15-22)24-16-23(30-27-24)17-26-25(28)20-13-11-19(12-14-20)10-9-18-5-2-3-6-18/h4,7-8,11-16,18H,2-3,5-6,17H2,1H3,(H,26,28). The maximum absolute atomic E-state index is 12.4. The van der Waals surface area contributed by atoms with Gasteiger partial charge in [0.05, 0.1) is 13.7 Å². The van der Waals surface area contributed by atoms with E-state index in [0.29, 0.717) is 22.9 Å². The Morgan fingerprint density at radius 3 is 2.73 bits per heavy atom. The Hall–Kier alpha value is -3.52. The predicted octanol–water partition coefficient (Wildman–Crippen LogP) is 4.82. The van der Waals surface area contributed by atoms with Crippen molar-refractivity contribution in [3.8, 4) is 28.8 Å². The number of nitrogens with one attached hydrogen (secondary N) is 1. The van der Waals surface area contributed by atoms with Gasteiger partial charge in [0, 0.05) is 28.7 Å². The second kappa shape index (κ2) is 9.32. The van der Waals surface area contributed by atoms with Crippen LogP contribution in [0, 0.1) is 17.8 Å². The first-order valence-corrected chi connectivity index (χ1v) is 10.2. The summed E-state index contributed by atoms with van der Waals surface area (Å²) in [7, 11) is 1.62. The van der Waals surface area contributed by atoms with Crippen molar-refractivity contribution in [2.75, 3.05) is 7.11 Å². The van der Waals surface area contributed by atoms with Crippen LogP contribution in [-0.2, 0) is 6.54 Å². The second-order valence-corrected chi connectivity index (χ2v) is 7.42. The van der Waals surface area contributed by atoms with Crippen LogP contribution >= 0.6 is 0 Å². The highest BCUT2D eigenvalue weighted by atomic mass is 16.5. The molecule has 152 valence electrons. The zero-order valence-corrected chi connectivity index (χ0v) is 17.0. The summed E-state index contributed by atoms with van der Waals surface area (Å²) in [4.78, 5) is 12.4. The van der Waals surface area contributed by atoms with Gasteiger partial charge < -0.3 is 14.6 Å². The van der Waals surface area contributed by atoms with Crippen LogP contribution < -0.4 is 10.1 Å². The highest BCUT2D eigenvalue weighted by molar-refractivity contribution is 5.94. The minimum absolute atomic E-state index is 0.162. The number of ether oxygens (including phenoxy) is 1. The summed E-state index contributed by atoms with van der Waals surface area (Å²) in [5.74, 6) is 8.26. The molecule has 1 saturated carbocycles. The first kappa shape index (κ1) is 19.8. The molecule has 0 spiro atoms. The number of aromatic nitrogens is 1. The number of carbonyl (C=O) groups excluding carboxylic acids is 1. The van der Waals surface area contributed by atoms with E-state index in [0.717, 1.165) is 16.9 Å². The van der Waals surface area contributed by atoms with Gasteiger partial charge in [-0.3, -0.25) is 4.79 Å². The molecular formula is C25H24N2O3. The first-order valence-electron chi connectivity index (χ1n) is 10.2.